The van der Waals surface area contributed by atoms with Crippen molar-refractivity contribution in [3.8, 4) is 11.5 Å². The van der Waals surface area contributed by atoms with Gasteiger partial charge in [-0.05, 0) is 11.6 Å². The molecule has 1 aromatic rings. The van der Waals surface area contributed by atoms with E-state index in [0.717, 1.165) is 0 Å². The van der Waals surface area contributed by atoms with Gasteiger partial charge in [-0.15, -0.1) is 11.6 Å². The third-order valence-corrected chi connectivity index (χ3v) is 1.86. The highest BCUT2D eigenvalue weighted by molar-refractivity contribution is 6.17. The molecule has 0 radical (unpaired) electrons. The molecule has 0 amide bonds. The monoisotopic (exact) mass is 200 g/mol. The Morgan fingerprint density at radius 1 is 1.46 bits per heavy atom. The second-order valence-corrected chi connectivity index (χ2v) is 2.72. The van der Waals surface area contributed by atoms with Gasteiger partial charge in [-0.2, -0.15) is 5.10 Å². The number of halogens is 1. The highest BCUT2D eigenvalue weighted by atomic mass is 35.5. The van der Waals surface area contributed by atoms with Crippen LogP contribution in [0.4, 0.5) is 0 Å². The van der Waals surface area contributed by atoms with Gasteiger partial charge in [0.2, 0.25) is 0 Å². The number of nitrogens with two attached hydrogens (primary N) is 1. The molecule has 0 fully saturated rings. The molecule has 0 saturated carbocycles. The summed E-state index contributed by atoms with van der Waals surface area (Å²) >= 11 is 5.59. The summed E-state index contributed by atoms with van der Waals surface area (Å²) in [6.45, 7) is 0. The second-order valence-electron chi connectivity index (χ2n) is 2.45. The number of hydrogen-bond acceptors (Lipinski definition) is 4. The SMILES string of the molecule is NN=Cc1c(O)cc(O)cc1CCl. The fourth-order valence-electron chi connectivity index (χ4n) is 1.01. The number of alkyl halides is 1. The lowest BCUT2D eigenvalue weighted by atomic mass is 10.1. The quantitative estimate of drug-likeness (QED) is 0.290. The first-order valence-corrected chi connectivity index (χ1v) is 4.06. The summed E-state index contributed by atoms with van der Waals surface area (Å²) < 4.78 is 0. The molecule has 13 heavy (non-hydrogen) atoms. The molecule has 0 aliphatic heterocycles. The zero-order valence-corrected chi connectivity index (χ0v) is 7.49. The maximum atomic E-state index is 9.37. The van der Waals surface area contributed by atoms with Crippen molar-refractivity contribution in [1.82, 2.24) is 0 Å². The highest BCUT2D eigenvalue weighted by Crippen LogP contribution is 2.26. The van der Waals surface area contributed by atoms with E-state index in [1.165, 1.54) is 18.3 Å². The predicted octanol–water partition coefficient (Wildman–Crippen LogP) is 1.13. The molecule has 0 unspecified atom stereocenters. The zero-order chi connectivity index (χ0) is 9.84. The van der Waals surface area contributed by atoms with Crippen LogP contribution in [0.3, 0.4) is 0 Å². The normalized spacial score (nSPS) is 10.8. The first-order chi connectivity index (χ1) is 6.19. The van der Waals surface area contributed by atoms with Crippen molar-refractivity contribution < 1.29 is 10.2 Å². The van der Waals surface area contributed by atoms with Gasteiger partial charge in [0.15, 0.2) is 0 Å². The maximum Gasteiger partial charge on any atom is 0.128 e. The number of benzene rings is 1. The fraction of sp³-hybridized carbons (Fsp3) is 0.125. The standard InChI is InChI=1S/C8H9ClN2O2/c9-3-5-1-6(12)2-8(13)7(5)4-11-10/h1-2,4,12-13H,3,10H2. The summed E-state index contributed by atoms with van der Waals surface area (Å²) in [6.07, 6.45) is 1.28. The molecule has 4 N–H and O–H groups in total. The van der Waals surface area contributed by atoms with Crippen LogP contribution in [0, 0.1) is 0 Å². The van der Waals surface area contributed by atoms with E-state index >= 15 is 0 Å². The van der Waals surface area contributed by atoms with Gasteiger partial charge in [-0.25, -0.2) is 0 Å². The Bertz CT molecular complexity index is 339. The van der Waals surface area contributed by atoms with Crippen molar-refractivity contribution in [3.63, 3.8) is 0 Å². The van der Waals surface area contributed by atoms with Crippen LogP contribution < -0.4 is 5.84 Å². The number of phenols is 2. The van der Waals surface area contributed by atoms with Crippen molar-refractivity contribution in [2.24, 2.45) is 10.9 Å². The summed E-state index contributed by atoms with van der Waals surface area (Å²) in [5.41, 5.74) is 1.00. The van der Waals surface area contributed by atoms with E-state index in [4.69, 9.17) is 22.6 Å². The van der Waals surface area contributed by atoms with Crippen molar-refractivity contribution >= 4 is 17.8 Å². The summed E-state index contributed by atoms with van der Waals surface area (Å²) in [7, 11) is 0. The van der Waals surface area contributed by atoms with Gasteiger partial charge in [-0.3, -0.25) is 0 Å². The van der Waals surface area contributed by atoms with Crippen LogP contribution >= 0.6 is 11.6 Å². The molecule has 0 aliphatic rings. The Hall–Kier alpha value is -1.42. The smallest absolute Gasteiger partial charge is 0.128 e. The van der Waals surface area contributed by atoms with Crippen LogP contribution in [0.15, 0.2) is 17.2 Å². The van der Waals surface area contributed by atoms with E-state index in [1.807, 2.05) is 0 Å². The Morgan fingerprint density at radius 2 is 2.15 bits per heavy atom. The lowest BCUT2D eigenvalue weighted by Crippen LogP contribution is -1.93. The van der Waals surface area contributed by atoms with E-state index in [0.29, 0.717) is 11.1 Å². The molecule has 1 aromatic carbocycles. The van der Waals surface area contributed by atoms with Crippen molar-refractivity contribution in [2.75, 3.05) is 0 Å². The molecule has 0 aliphatic carbocycles. The van der Waals surface area contributed by atoms with Gasteiger partial charge >= 0.3 is 0 Å². The number of rotatable bonds is 2. The number of hydrogen-bond donors (Lipinski definition) is 3. The van der Waals surface area contributed by atoms with Gasteiger partial charge < -0.3 is 16.1 Å². The van der Waals surface area contributed by atoms with Gasteiger partial charge in [-0.1, -0.05) is 0 Å². The van der Waals surface area contributed by atoms with E-state index in [-0.39, 0.29) is 17.4 Å². The van der Waals surface area contributed by atoms with Crippen LogP contribution in [0.2, 0.25) is 0 Å². The van der Waals surface area contributed by atoms with E-state index < -0.39 is 0 Å². The molecule has 0 saturated heterocycles. The number of nitrogens with zero attached hydrogens (tertiary/aromatic N) is 1. The molecule has 0 aromatic heterocycles. The second kappa shape index (κ2) is 4.00. The van der Waals surface area contributed by atoms with Crippen molar-refractivity contribution in [1.29, 1.82) is 0 Å². The number of aromatic hydroxyl groups is 2. The predicted molar refractivity (Wildman–Crippen MR) is 51.1 cm³/mol. The molecular formula is C8H9ClN2O2. The first-order valence-electron chi connectivity index (χ1n) is 3.53. The van der Waals surface area contributed by atoms with E-state index in [1.54, 1.807) is 0 Å². The minimum absolute atomic E-state index is 0.0395. The zero-order valence-electron chi connectivity index (χ0n) is 6.74. The van der Waals surface area contributed by atoms with Gasteiger partial charge in [0.05, 0.1) is 6.21 Å². The molecule has 0 atom stereocenters. The average molecular weight is 201 g/mol. The van der Waals surface area contributed by atoms with Crippen LogP contribution in [0.25, 0.3) is 0 Å². The lowest BCUT2D eigenvalue weighted by molar-refractivity contribution is 0.449. The van der Waals surface area contributed by atoms with Crippen LogP contribution in [0.1, 0.15) is 11.1 Å². The van der Waals surface area contributed by atoms with Crippen LogP contribution in [0.5, 0.6) is 11.5 Å². The Labute approximate surface area is 80.3 Å². The van der Waals surface area contributed by atoms with Crippen molar-refractivity contribution in [3.05, 3.63) is 23.3 Å². The molecule has 0 bridgehead atoms. The number of hydrazone groups is 1. The summed E-state index contributed by atoms with van der Waals surface area (Å²) in [4.78, 5) is 0. The molecule has 5 heteroatoms. The summed E-state index contributed by atoms with van der Waals surface area (Å²) in [5.74, 6) is 4.98. The Balaban J connectivity index is 3.29. The minimum atomic E-state index is -0.0927. The molecular weight excluding hydrogens is 192 g/mol. The molecule has 4 nitrogen and oxygen atoms in total. The van der Waals surface area contributed by atoms with E-state index in [2.05, 4.69) is 5.10 Å². The Kier molecular flexibility index (Phi) is 2.97. The molecule has 1 rings (SSSR count). The van der Waals surface area contributed by atoms with Crippen molar-refractivity contribution in [2.45, 2.75) is 5.88 Å². The summed E-state index contributed by atoms with van der Waals surface area (Å²) in [6, 6.07) is 2.65. The third kappa shape index (κ3) is 2.03. The molecule has 0 heterocycles. The maximum absolute atomic E-state index is 9.37. The molecule has 0 spiro atoms. The fourth-order valence-corrected chi connectivity index (χ4v) is 1.24. The van der Waals surface area contributed by atoms with Gasteiger partial charge in [0, 0.05) is 17.5 Å². The summed E-state index contributed by atoms with van der Waals surface area (Å²) in [5, 5.41) is 21.8. The van der Waals surface area contributed by atoms with Gasteiger partial charge in [0.25, 0.3) is 0 Å². The first kappa shape index (κ1) is 9.67. The van der Waals surface area contributed by atoms with Gasteiger partial charge in [0.1, 0.15) is 11.5 Å². The van der Waals surface area contributed by atoms with Crippen LogP contribution in [-0.4, -0.2) is 16.4 Å². The number of phenolic OH excluding ortho intramolecular Hbond substituents is 2. The van der Waals surface area contributed by atoms with E-state index in [9.17, 15) is 5.11 Å². The molecule has 70 valence electrons. The topological polar surface area (TPSA) is 78.8 Å². The van der Waals surface area contributed by atoms with Crippen LogP contribution in [-0.2, 0) is 5.88 Å². The lowest BCUT2D eigenvalue weighted by Gasteiger charge is -2.05. The minimum Gasteiger partial charge on any atom is -0.508 e. The average Bonchev–Trinajstić information content (AvgIpc) is 2.09. The third-order valence-electron chi connectivity index (χ3n) is 1.58. The highest BCUT2D eigenvalue weighted by Gasteiger charge is 2.07. The Morgan fingerprint density at radius 3 is 2.69 bits per heavy atom. The largest absolute Gasteiger partial charge is 0.508 e.